The molecular formula is C17H10ClFN2O2S. The number of carbonyl (C=O) groups is 1. The summed E-state index contributed by atoms with van der Waals surface area (Å²) in [5.74, 6) is -0.150. The highest BCUT2D eigenvalue weighted by atomic mass is 35.5. The maximum absolute atomic E-state index is 13.3. The fraction of sp³-hybridized carbons (Fsp3) is 0.0588. The first-order valence-corrected chi connectivity index (χ1v) is 8.27. The van der Waals surface area contributed by atoms with Gasteiger partial charge in [-0.15, -0.1) is 11.3 Å². The normalized spacial score (nSPS) is 11.3. The van der Waals surface area contributed by atoms with Crippen LogP contribution in [-0.2, 0) is 0 Å². The van der Waals surface area contributed by atoms with Crippen molar-refractivity contribution < 1.29 is 13.6 Å². The summed E-state index contributed by atoms with van der Waals surface area (Å²) >= 11 is 7.42. The van der Waals surface area contributed by atoms with E-state index in [2.05, 4.69) is 10.3 Å². The quantitative estimate of drug-likeness (QED) is 0.521. The zero-order chi connectivity index (χ0) is 16.8. The Kier molecular flexibility index (Phi) is 3.51. The minimum Gasteiger partial charge on any atom is -0.441 e. The van der Waals surface area contributed by atoms with Crippen LogP contribution in [0.25, 0.3) is 21.2 Å². The molecule has 2 heterocycles. The van der Waals surface area contributed by atoms with E-state index in [1.807, 2.05) is 0 Å². The summed E-state index contributed by atoms with van der Waals surface area (Å²) in [5, 5.41) is 3.78. The van der Waals surface area contributed by atoms with Crippen molar-refractivity contribution in [3.8, 4) is 0 Å². The number of aromatic nitrogens is 1. The maximum Gasteiger partial charge on any atom is 0.267 e. The molecule has 4 rings (SSSR count). The van der Waals surface area contributed by atoms with Crippen molar-refractivity contribution in [3.05, 3.63) is 58.0 Å². The molecule has 120 valence electrons. The number of fused-ring (bicyclic) bond motifs is 2. The highest BCUT2D eigenvalue weighted by Crippen LogP contribution is 2.36. The lowest BCUT2D eigenvalue weighted by Crippen LogP contribution is -2.10. The van der Waals surface area contributed by atoms with E-state index in [1.165, 1.54) is 12.1 Å². The Morgan fingerprint density at radius 1 is 1.29 bits per heavy atom. The van der Waals surface area contributed by atoms with E-state index in [1.54, 1.807) is 31.2 Å². The smallest absolute Gasteiger partial charge is 0.267 e. The Hall–Kier alpha value is -2.44. The number of thiophene rings is 1. The molecule has 1 amide bonds. The van der Waals surface area contributed by atoms with Crippen LogP contribution in [0.5, 0.6) is 0 Å². The van der Waals surface area contributed by atoms with E-state index in [0.29, 0.717) is 42.7 Å². The van der Waals surface area contributed by atoms with Crippen molar-refractivity contribution in [1.29, 1.82) is 0 Å². The van der Waals surface area contributed by atoms with Gasteiger partial charge in [0.25, 0.3) is 5.91 Å². The molecule has 0 atom stereocenters. The predicted molar refractivity (Wildman–Crippen MR) is 93.5 cm³/mol. The van der Waals surface area contributed by atoms with E-state index in [-0.39, 0.29) is 11.7 Å². The number of anilines is 1. The third-order valence-electron chi connectivity index (χ3n) is 3.55. The monoisotopic (exact) mass is 360 g/mol. The minimum absolute atomic E-state index is 0.325. The molecule has 1 N–H and O–H groups in total. The molecule has 0 bridgehead atoms. The van der Waals surface area contributed by atoms with E-state index in [0.717, 1.165) is 11.3 Å². The topological polar surface area (TPSA) is 55.1 Å². The largest absolute Gasteiger partial charge is 0.441 e. The van der Waals surface area contributed by atoms with Crippen LogP contribution in [0.1, 0.15) is 15.6 Å². The van der Waals surface area contributed by atoms with Crippen molar-refractivity contribution >= 4 is 55.7 Å². The van der Waals surface area contributed by atoms with Crippen LogP contribution < -0.4 is 5.32 Å². The van der Waals surface area contributed by atoms with Crippen molar-refractivity contribution in [2.45, 2.75) is 6.92 Å². The Labute approximate surface area is 144 Å². The molecule has 0 saturated heterocycles. The zero-order valence-corrected chi connectivity index (χ0v) is 14.0. The van der Waals surface area contributed by atoms with Crippen LogP contribution in [-0.4, -0.2) is 10.9 Å². The van der Waals surface area contributed by atoms with E-state index in [4.69, 9.17) is 16.0 Å². The highest BCUT2D eigenvalue weighted by molar-refractivity contribution is 7.21. The number of oxazole rings is 1. The molecular weight excluding hydrogens is 351 g/mol. The SMILES string of the molecule is Cc1nc2cc(NC(=O)c3sc4cc(F)ccc4c3Cl)ccc2o1. The number of amides is 1. The molecule has 0 aliphatic heterocycles. The Balaban J connectivity index is 1.68. The molecule has 0 spiro atoms. The summed E-state index contributed by atoms with van der Waals surface area (Å²) in [5.41, 5.74) is 1.90. The summed E-state index contributed by atoms with van der Waals surface area (Å²) in [7, 11) is 0. The second-order valence-corrected chi connectivity index (χ2v) is 6.69. The van der Waals surface area contributed by atoms with E-state index < -0.39 is 0 Å². The lowest BCUT2D eigenvalue weighted by atomic mass is 10.2. The first-order chi connectivity index (χ1) is 11.5. The number of hydrogen-bond acceptors (Lipinski definition) is 4. The Morgan fingerprint density at radius 3 is 2.96 bits per heavy atom. The van der Waals surface area contributed by atoms with Crippen molar-refractivity contribution in [2.75, 3.05) is 5.32 Å². The fourth-order valence-corrected chi connectivity index (χ4v) is 3.93. The number of nitrogens with one attached hydrogen (secondary N) is 1. The molecule has 0 unspecified atom stereocenters. The second-order valence-electron chi connectivity index (χ2n) is 5.26. The van der Waals surface area contributed by atoms with Crippen LogP contribution in [0.15, 0.2) is 40.8 Å². The number of hydrogen-bond donors (Lipinski definition) is 1. The average Bonchev–Trinajstić information content (AvgIpc) is 3.06. The van der Waals surface area contributed by atoms with Gasteiger partial charge in [-0.3, -0.25) is 4.79 Å². The number of nitrogens with zero attached hydrogens (tertiary/aromatic N) is 1. The molecule has 2 aromatic heterocycles. The van der Waals surface area contributed by atoms with Gasteiger partial charge in [-0.1, -0.05) is 11.6 Å². The second kappa shape index (κ2) is 5.58. The predicted octanol–water partition coefficient (Wildman–Crippen LogP) is 5.40. The Bertz CT molecular complexity index is 1100. The molecule has 4 nitrogen and oxygen atoms in total. The van der Waals surface area contributed by atoms with Gasteiger partial charge in [-0.2, -0.15) is 0 Å². The van der Waals surface area contributed by atoms with Gasteiger partial charge in [0.05, 0.1) is 5.02 Å². The summed E-state index contributed by atoms with van der Waals surface area (Å²) in [4.78, 5) is 17.1. The lowest BCUT2D eigenvalue weighted by molar-refractivity contribution is 0.103. The van der Waals surface area contributed by atoms with Crippen LogP contribution in [0.4, 0.5) is 10.1 Å². The third kappa shape index (κ3) is 2.53. The summed E-state index contributed by atoms with van der Waals surface area (Å²) in [6, 6.07) is 9.46. The van der Waals surface area contributed by atoms with Gasteiger partial charge in [0.15, 0.2) is 11.5 Å². The van der Waals surface area contributed by atoms with Crippen LogP contribution in [0.3, 0.4) is 0 Å². The summed E-state index contributed by atoms with van der Waals surface area (Å²) in [6.07, 6.45) is 0. The van der Waals surface area contributed by atoms with Crippen LogP contribution >= 0.6 is 22.9 Å². The molecule has 0 fully saturated rings. The van der Waals surface area contributed by atoms with E-state index in [9.17, 15) is 9.18 Å². The molecule has 0 aliphatic carbocycles. The number of carbonyl (C=O) groups excluding carboxylic acids is 1. The fourth-order valence-electron chi connectivity index (χ4n) is 2.49. The molecule has 0 radical (unpaired) electrons. The number of halogens is 2. The van der Waals surface area contributed by atoms with Crippen LogP contribution in [0.2, 0.25) is 5.02 Å². The molecule has 0 aliphatic rings. The van der Waals surface area contributed by atoms with Gasteiger partial charge < -0.3 is 9.73 Å². The lowest BCUT2D eigenvalue weighted by Gasteiger charge is -2.03. The summed E-state index contributed by atoms with van der Waals surface area (Å²) < 4.78 is 19.4. The molecule has 7 heteroatoms. The average molecular weight is 361 g/mol. The van der Waals surface area contributed by atoms with Gasteiger partial charge in [-0.05, 0) is 36.4 Å². The zero-order valence-electron chi connectivity index (χ0n) is 12.4. The van der Waals surface area contributed by atoms with Gasteiger partial charge in [0.2, 0.25) is 0 Å². The molecule has 24 heavy (non-hydrogen) atoms. The van der Waals surface area contributed by atoms with Crippen molar-refractivity contribution in [1.82, 2.24) is 4.98 Å². The number of benzene rings is 2. The molecule has 4 aromatic rings. The van der Waals surface area contributed by atoms with E-state index >= 15 is 0 Å². The highest BCUT2D eigenvalue weighted by Gasteiger charge is 2.18. The Morgan fingerprint density at radius 2 is 2.12 bits per heavy atom. The van der Waals surface area contributed by atoms with Gasteiger partial charge >= 0.3 is 0 Å². The molecule has 2 aromatic carbocycles. The first-order valence-electron chi connectivity index (χ1n) is 7.07. The van der Waals surface area contributed by atoms with Gasteiger partial charge in [0.1, 0.15) is 16.2 Å². The third-order valence-corrected chi connectivity index (χ3v) is 5.21. The van der Waals surface area contributed by atoms with Crippen LogP contribution in [0, 0.1) is 12.7 Å². The summed E-state index contributed by atoms with van der Waals surface area (Å²) in [6.45, 7) is 1.76. The minimum atomic E-state index is -0.362. The number of rotatable bonds is 2. The van der Waals surface area contributed by atoms with Crippen molar-refractivity contribution in [2.24, 2.45) is 0 Å². The first kappa shape index (κ1) is 15.1. The standard InChI is InChI=1S/C17H10ClFN2O2S/c1-8-20-12-7-10(3-5-13(12)23-8)21-17(22)16-15(18)11-4-2-9(19)6-14(11)24-16/h2-7H,1H3,(H,21,22). The van der Waals surface area contributed by atoms with Crippen molar-refractivity contribution in [3.63, 3.8) is 0 Å². The molecule has 0 saturated carbocycles. The van der Waals surface area contributed by atoms with Gasteiger partial charge in [-0.25, -0.2) is 9.37 Å². The van der Waals surface area contributed by atoms with Gasteiger partial charge in [0, 0.05) is 22.7 Å². The number of aryl methyl sites for hydroxylation is 1. The maximum atomic E-state index is 13.3.